The Morgan fingerprint density at radius 1 is 1.03 bits per heavy atom. The summed E-state index contributed by atoms with van der Waals surface area (Å²) in [6, 6.07) is 22.8. The van der Waals surface area contributed by atoms with Crippen LogP contribution in [0.3, 0.4) is 0 Å². The first-order valence-corrected chi connectivity index (χ1v) is 11.6. The number of hydrogen-bond acceptors (Lipinski definition) is 5. The maximum Gasteiger partial charge on any atom is 0.338 e. The zero-order chi connectivity index (χ0) is 23.7. The van der Waals surface area contributed by atoms with Crippen LogP contribution in [-0.2, 0) is 11.3 Å². The van der Waals surface area contributed by atoms with Gasteiger partial charge in [0.15, 0.2) is 0 Å². The number of rotatable bonds is 6. The topological polar surface area (TPSA) is 81.6 Å². The number of hydrogen-bond donors (Lipinski definition) is 1. The molecule has 34 heavy (non-hydrogen) atoms. The van der Waals surface area contributed by atoms with E-state index < -0.39 is 5.97 Å². The summed E-state index contributed by atoms with van der Waals surface area (Å²) in [5.41, 5.74) is 5.65. The highest BCUT2D eigenvalue weighted by atomic mass is 79.9. The summed E-state index contributed by atoms with van der Waals surface area (Å²) in [5.74, 6) is -0.395. The number of benzene rings is 2. The first kappa shape index (κ1) is 22.1. The number of aromatic nitrogens is 4. The molecule has 5 rings (SSSR count). The molecule has 1 N–H and O–H groups in total. The number of aliphatic hydroxyl groups excluding tert-OH is 1. The van der Waals surface area contributed by atoms with E-state index in [-0.39, 0.29) is 6.61 Å². The Bertz CT molecular complexity index is 1470. The fraction of sp³-hybridized carbons (Fsp3) is 0.115. The Kier molecular flexibility index (Phi) is 6.00. The minimum Gasteiger partial charge on any atom is -0.462 e. The average Bonchev–Trinajstić information content (AvgIpc) is 3.46. The van der Waals surface area contributed by atoms with Gasteiger partial charge < -0.3 is 9.84 Å². The molecule has 3 heterocycles. The van der Waals surface area contributed by atoms with Crippen molar-refractivity contribution >= 4 is 27.4 Å². The molecule has 0 fully saturated rings. The lowest BCUT2D eigenvalue weighted by molar-refractivity contribution is 0.0526. The Labute approximate surface area is 204 Å². The number of aliphatic hydroxyl groups is 1. The number of carbonyl (C=O) groups excluding carboxylic acids is 1. The Balaban J connectivity index is 1.76. The molecule has 0 spiro atoms. The Hall–Kier alpha value is -3.75. The number of halogens is 1. The minimum atomic E-state index is -0.395. The molecule has 0 saturated carbocycles. The predicted molar refractivity (Wildman–Crippen MR) is 133 cm³/mol. The van der Waals surface area contributed by atoms with Gasteiger partial charge in [-0.25, -0.2) is 14.0 Å². The summed E-state index contributed by atoms with van der Waals surface area (Å²) in [6.07, 6.45) is 1.74. The van der Waals surface area contributed by atoms with Crippen molar-refractivity contribution in [3.05, 3.63) is 94.7 Å². The Morgan fingerprint density at radius 3 is 2.50 bits per heavy atom. The van der Waals surface area contributed by atoms with Crippen molar-refractivity contribution in [2.45, 2.75) is 13.5 Å². The van der Waals surface area contributed by atoms with Gasteiger partial charge in [0.25, 0.3) is 0 Å². The second kappa shape index (κ2) is 9.24. The third-order valence-corrected chi connectivity index (χ3v) is 5.99. The van der Waals surface area contributed by atoms with Crippen LogP contribution in [0.5, 0.6) is 0 Å². The zero-order valence-electron chi connectivity index (χ0n) is 18.4. The summed E-state index contributed by atoms with van der Waals surface area (Å²) in [7, 11) is 0. The van der Waals surface area contributed by atoms with Crippen molar-refractivity contribution in [1.29, 1.82) is 0 Å². The van der Waals surface area contributed by atoms with Crippen LogP contribution in [-0.4, -0.2) is 37.1 Å². The first-order chi connectivity index (χ1) is 16.6. The molecule has 5 aromatic rings. The molecular formula is C26H21BrN4O3. The van der Waals surface area contributed by atoms with Gasteiger partial charge in [0.2, 0.25) is 0 Å². The smallest absolute Gasteiger partial charge is 0.338 e. The van der Waals surface area contributed by atoms with Crippen molar-refractivity contribution in [2.24, 2.45) is 0 Å². The number of ether oxygens (including phenoxy) is 1. The fourth-order valence-corrected chi connectivity index (χ4v) is 4.16. The van der Waals surface area contributed by atoms with Crippen LogP contribution in [0.15, 0.2) is 83.5 Å². The fourth-order valence-electron chi connectivity index (χ4n) is 3.90. The van der Waals surface area contributed by atoms with E-state index in [2.05, 4.69) is 15.9 Å². The van der Waals surface area contributed by atoms with Crippen molar-refractivity contribution in [1.82, 2.24) is 19.4 Å². The molecule has 0 bridgehead atoms. The molecule has 0 aliphatic carbocycles. The number of fused-ring (bicyclic) bond motifs is 1. The minimum absolute atomic E-state index is 0.178. The van der Waals surface area contributed by atoms with Gasteiger partial charge in [0.1, 0.15) is 5.69 Å². The van der Waals surface area contributed by atoms with Gasteiger partial charge in [-0.3, -0.25) is 0 Å². The normalized spacial score (nSPS) is 11.1. The third kappa shape index (κ3) is 4.02. The molecule has 0 atom stereocenters. The quantitative estimate of drug-likeness (QED) is 0.310. The summed E-state index contributed by atoms with van der Waals surface area (Å²) in [5, 5.41) is 19.7. The predicted octanol–water partition coefficient (Wildman–Crippen LogP) is 5.29. The van der Waals surface area contributed by atoms with Gasteiger partial charge in [0, 0.05) is 16.2 Å². The molecule has 0 radical (unpaired) electrons. The highest BCUT2D eigenvalue weighted by molar-refractivity contribution is 9.10. The SMILES string of the molecule is CCOC(=O)c1ccn2nc(-c3ccc(Br)cc3)c(-c3cc(CO)n(-c4ccccc4)n3)c2c1. The first-order valence-electron chi connectivity index (χ1n) is 10.8. The van der Waals surface area contributed by atoms with E-state index in [0.717, 1.165) is 27.0 Å². The molecule has 2 aromatic carbocycles. The van der Waals surface area contributed by atoms with Gasteiger partial charge in [-0.05, 0) is 49.4 Å². The van der Waals surface area contributed by atoms with E-state index in [1.807, 2.05) is 60.7 Å². The number of para-hydroxylation sites is 1. The van der Waals surface area contributed by atoms with Crippen LogP contribution in [0.2, 0.25) is 0 Å². The van der Waals surface area contributed by atoms with Crippen LogP contribution < -0.4 is 0 Å². The lowest BCUT2D eigenvalue weighted by Gasteiger charge is -2.05. The summed E-state index contributed by atoms with van der Waals surface area (Å²) in [4.78, 5) is 12.4. The molecule has 0 aliphatic rings. The van der Waals surface area contributed by atoms with E-state index in [4.69, 9.17) is 14.9 Å². The second-order valence-electron chi connectivity index (χ2n) is 7.62. The number of nitrogens with zero attached hydrogens (tertiary/aromatic N) is 4. The van der Waals surface area contributed by atoms with Crippen molar-refractivity contribution in [3.63, 3.8) is 0 Å². The van der Waals surface area contributed by atoms with Crippen LogP contribution in [0.25, 0.3) is 33.7 Å². The van der Waals surface area contributed by atoms with Gasteiger partial charge in [-0.15, -0.1) is 0 Å². The van der Waals surface area contributed by atoms with Gasteiger partial charge >= 0.3 is 5.97 Å². The summed E-state index contributed by atoms with van der Waals surface area (Å²) in [6.45, 7) is 1.89. The number of carbonyl (C=O) groups is 1. The van der Waals surface area contributed by atoms with Gasteiger partial charge in [0.05, 0.1) is 46.9 Å². The summed E-state index contributed by atoms with van der Waals surface area (Å²) < 4.78 is 9.61. The molecule has 0 unspecified atom stereocenters. The largest absolute Gasteiger partial charge is 0.462 e. The van der Waals surface area contributed by atoms with Crippen molar-refractivity contribution in [2.75, 3.05) is 6.61 Å². The zero-order valence-corrected chi connectivity index (χ0v) is 19.9. The average molecular weight is 517 g/mol. The van der Waals surface area contributed by atoms with Crippen molar-refractivity contribution < 1.29 is 14.6 Å². The van der Waals surface area contributed by atoms with E-state index in [1.54, 1.807) is 34.5 Å². The molecule has 3 aromatic heterocycles. The maximum absolute atomic E-state index is 12.4. The van der Waals surface area contributed by atoms with Gasteiger partial charge in [-0.1, -0.05) is 46.3 Å². The molecule has 0 amide bonds. The summed E-state index contributed by atoms with van der Waals surface area (Å²) >= 11 is 3.48. The lowest BCUT2D eigenvalue weighted by Crippen LogP contribution is -2.05. The molecule has 8 heteroatoms. The third-order valence-electron chi connectivity index (χ3n) is 5.47. The molecule has 0 saturated heterocycles. The van der Waals surface area contributed by atoms with Crippen molar-refractivity contribution in [3.8, 4) is 28.2 Å². The van der Waals surface area contributed by atoms with Crippen LogP contribution >= 0.6 is 15.9 Å². The van der Waals surface area contributed by atoms with E-state index in [9.17, 15) is 9.90 Å². The number of esters is 1. The lowest BCUT2D eigenvalue weighted by atomic mass is 10.0. The van der Waals surface area contributed by atoms with Crippen LogP contribution in [0.4, 0.5) is 0 Å². The van der Waals surface area contributed by atoms with Crippen LogP contribution in [0, 0.1) is 0 Å². The maximum atomic E-state index is 12.4. The van der Waals surface area contributed by atoms with E-state index in [1.165, 1.54) is 0 Å². The highest BCUT2D eigenvalue weighted by Crippen LogP contribution is 2.36. The molecular weight excluding hydrogens is 496 g/mol. The highest BCUT2D eigenvalue weighted by Gasteiger charge is 2.22. The second-order valence-corrected chi connectivity index (χ2v) is 8.54. The van der Waals surface area contributed by atoms with E-state index in [0.29, 0.717) is 29.1 Å². The standard InChI is InChI=1S/C26H21BrN4O3/c1-2-34-26(33)18-12-13-30-23(14-18)24(25(29-30)17-8-10-19(27)11-9-17)22-15-21(16-32)31(28-22)20-6-4-3-5-7-20/h3-15,32H,2,16H2,1H3. The Morgan fingerprint density at radius 2 is 1.79 bits per heavy atom. The molecule has 7 nitrogen and oxygen atoms in total. The van der Waals surface area contributed by atoms with Gasteiger partial charge in [-0.2, -0.15) is 10.2 Å². The van der Waals surface area contributed by atoms with E-state index >= 15 is 0 Å². The monoisotopic (exact) mass is 516 g/mol. The molecule has 170 valence electrons. The molecule has 0 aliphatic heterocycles. The van der Waals surface area contributed by atoms with Crippen LogP contribution in [0.1, 0.15) is 23.0 Å². The number of pyridine rings is 1.